The summed E-state index contributed by atoms with van der Waals surface area (Å²) in [6.07, 6.45) is 0.702. The topological polar surface area (TPSA) is 67.4 Å². The molecule has 0 saturated heterocycles. The standard InChI is InChI=1S/C17H17BrN2O3/c1-23-16(21)13-7-3-5-9-15(13)20-17(22)19-11-10-12-6-2-4-8-14(12)18/h2-9H,10-11H2,1H3,(H2,19,20,22). The fourth-order valence-electron chi connectivity index (χ4n) is 2.06. The highest BCUT2D eigenvalue weighted by molar-refractivity contribution is 9.10. The number of methoxy groups -OCH3 is 1. The maximum atomic E-state index is 12.0. The van der Waals surface area contributed by atoms with Gasteiger partial charge in [0, 0.05) is 11.0 Å². The lowest BCUT2D eigenvalue weighted by atomic mass is 10.1. The lowest BCUT2D eigenvalue weighted by Crippen LogP contribution is -2.31. The van der Waals surface area contributed by atoms with Crippen molar-refractivity contribution in [3.63, 3.8) is 0 Å². The molecule has 2 aromatic rings. The molecule has 23 heavy (non-hydrogen) atoms. The van der Waals surface area contributed by atoms with Crippen molar-refractivity contribution >= 4 is 33.6 Å². The number of carbonyl (C=O) groups excluding carboxylic acids is 2. The second kappa shape index (κ2) is 8.33. The zero-order valence-corrected chi connectivity index (χ0v) is 14.2. The van der Waals surface area contributed by atoms with Crippen LogP contribution in [0, 0.1) is 0 Å². The van der Waals surface area contributed by atoms with Gasteiger partial charge in [-0.1, -0.05) is 46.3 Å². The highest BCUT2D eigenvalue weighted by Gasteiger charge is 2.12. The Balaban J connectivity index is 1.91. The summed E-state index contributed by atoms with van der Waals surface area (Å²) in [5.41, 5.74) is 1.84. The number of para-hydroxylation sites is 1. The van der Waals surface area contributed by atoms with Crippen LogP contribution in [0.2, 0.25) is 0 Å². The summed E-state index contributed by atoms with van der Waals surface area (Å²) in [7, 11) is 1.30. The molecule has 2 aromatic carbocycles. The number of urea groups is 1. The Morgan fingerprint density at radius 2 is 1.78 bits per heavy atom. The number of ether oxygens (including phenoxy) is 1. The molecular weight excluding hydrogens is 360 g/mol. The molecule has 0 aliphatic carbocycles. The highest BCUT2D eigenvalue weighted by Crippen LogP contribution is 2.17. The van der Waals surface area contributed by atoms with E-state index in [9.17, 15) is 9.59 Å². The summed E-state index contributed by atoms with van der Waals surface area (Å²) in [4.78, 5) is 23.6. The van der Waals surface area contributed by atoms with Crippen molar-refractivity contribution in [2.45, 2.75) is 6.42 Å². The number of halogens is 1. The van der Waals surface area contributed by atoms with Gasteiger partial charge in [0.1, 0.15) is 0 Å². The lowest BCUT2D eigenvalue weighted by Gasteiger charge is -2.11. The minimum absolute atomic E-state index is 0.316. The van der Waals surface area contributed by atoms with Crippen LogP contribution < -0.4 is 10.6 Å². The third-order valence-electron chi connectivity index (χ3n) is 3.22. The lowest BCUT2D eigenvalue weighted by molar-refractivity contribution is 0.0602. The fourth-order valence-corrected chi connectivity index (χ4v) is 2.54. The van der Waals surface area contributed by atoms with Crippen LogP contribution >= 0.6 is 15.9 Å². The molecule has 6 heteroatoms. The van der Waals surface area contributed by atoms with Crippen molar-refractivity contribution in [2.75, 3.05) is 19.0 Å². The van der Waals surface area contributed by atoms with E-state index in [-0.39, 0.29) is 6.03 Å². The van der Waals surface area contributed by atoms with Gasteiger partial charge in [0.15, 0.2) is 0 Å². The Kier molecular flexibility index (Phi) is 6.17. The van der Waals surface area contributed by atoms with Crippen LogP contribution in [0.1, 0.15) is 15.9 Å². The van der Waals surface area contributed by atoms with Crippen LogP contribution in [0.5, 0.6) is 0 Å². The van der Waals surface area contributed by atoms with Gasteiger partial charge < -0.3 is 15.4 Å². The maximum Gasteiger partial charge on any atom is 0.339 e. The van der Waals surface area contributed by atoms with Crippen LogP contribution in [-0.2, 0) is 11.2 Å². The van der Waals surface area contributed by atoms with Crippen LogP contribution in [0.15, 0.2) is 53.0 Å². The third-order valence-corrected chi connectivity index (χ3v) is 3.99. The predicted molar refractivity (Wildman–Crippen MR) is 92.6 cm³/mol. The highest BCUT2D eigenvalue weighted by atomic mass is 79.9. The molecule has 5 nitrogen and oxygen atoms in total. The van der Waals surface area contributed by atoms with Crippen molar-refractivity contribution in [3.05, 3.63) is 64.1 Å². The van der Waals surface area contributed by atoms with Gasteiger partial charge in [-0.25, -0.2) is 9.59 Å². The third kappa shape index (κ3) is 4.82. The maximum absolute atomic E-state index is 12.0. The number of anilines is 1. The average Bonchev–Trinajstić information content (AvgIpc) is 2.56. The summed E-state index contributed by atoms with van der Waals surface area (Å²) < 4.78 is 5.71. The summed E-state index contributed by atoms with van der Waals surface area (Å²) in [6.45, 7) is 0.481. The van der Waals surface area contributed by atoms with Gasteiger partial charge >= 0.3 is 12.0 Å². The molecule has 0 aliphatic rings. The minimum Gasteiger partial charge on any atom is -0.465 e. The zero-order chi connectivity index (χ0) is 16.7. The number of rotatable bonds is 5. The van der Waals surface area contributed by atoms with E-state index in [1.54, 1.807) is 24.3 Å². The molecule has 0 unspecified atom stereocenters. The second-order valence-corrected chi connectivity index (χ2v) is 5.61. The first-order valence-electron chi connectivity index (χ1n) is 7.07. The molecule has 0 spiro atoms. The Hall–Kier alpha value is -2.34. The molecular formula is C17H17BrN2O3. The molecule has 0 fully saturated rings. The smallest absolute Gasteiger partial charge is 0.339 e. The van der Waals surface area contributed by atoms with Gasteiger partial charge in [0.05, 0.1) is 18.4 Å². The summed E-state index contributed by atoms with van der Waals surface area (Å²) in [5.74, 6) is -0.492. The number of benzene rings is 2. The van der Waals surface area contributed by atoms with E-state index in [1.807, 2.05) is 24.3 Å². The fraction of sp³-hybridized carbons (Fsp3) is 0.176. The van der Waals surface area contributed by atoms with Crippen molar-refractivity contribution in [1.82, 2.24) is 5.32 Å². The molecule has 0 bridgehead atoms. The molecule has 2 amide bonds. The second-order valence-electron chi connectivity index (χ2n) is 4.76. The first-order chi connectivity index (χ1) is 11.1. The first kappa shape index (κ1) is 17.0. The minimum atomic E-state index is -0.492. The van der Waals surface area contributed by atoms with E-state index in [2.05, 4.69) is 26.6 Å². The summed E-state index contributed by atoms with van der Waals surface area (Å²) in [6, 6.07) is 14.2. The van der Waals surface area contributed by atoms with E-state index in [0.717, 1.165) is 10.0 Å². The van der Waals surface area contributed by atoms with Crippen molar-refractivity contribution < 1.29 is 14.3 Å². The molecule has 2 rings (SSSR count). The monoisotopic (exact) mass is 376 g/mol. The Morgan fingerprint density at radius 1 is 1.09 bits per heavy atom. The molecule has 120 valence electrons. The number of esters is 1. The van der Waals surface area contributed by atoms with Crippen LogP contribution in [0.4, 0.5) is 10.5 Å². The van der Waals surface area contributed by atoms with Crippen LogP contribution in [0.25, 0.3) is 0 Å². The van der Waals surface area contributed by atoms with E-state index in [1.165, 1.54) is 7.11 Å². The average molecular weight is 377 g/mol. The largest absolute Gasteiger partial charge is 0.465 e. The number of nitrogens with one attached hydrogen (secondary N) is 2. The zero-order valence-electron chi connectivity index (χ0n) is 12.6. The molecule has 0 radical (unpaired) electrons. The van der Waals surface area contributed by atoms with E-state index < -0.39 is 5.97 Å². The first-order valence-corrected chi connectivity index (χ1v) is 7.86. The van der Waals surface area contributed by atoms with Crippen LogP contribution in [0.3, 0.4) is 0 Å². The molecule has 0 atom stereocenters. The number of carbonyl (C=O) groups is 2. The van der Waals surface area contributed by atoms with Gasteiger partial charge in [0.25, 0.3) is 0 Å². The number of hydrogen-bond donors (Lipinski definition) is 2. The Bertz CT molecular complexity index is 704. The van der Waals surface area contributed by atoms with Crippen molar-refractivity contribution in [1.29, 1.82) is 0 Å². The van der Waals surface area contributed by atoms with Gasteiger partial charge in [-0.05, 0) is 30.2 Å². The van der Waals surface area contributed by atoms with Gasteiger partial charge in [-0.2, -0.15) is 0 Å². The van der Waals surface area contributed by atoms with Gasteiger partial charge in [-0.15, -0.1) is 0 Å². The number of amides is 2. The van der Waals surface area contributed by atoms with Crippen LogP contribution in [-0.4, -0.2) is 25.7 Å². The predicted octanol–water partition coefficient (Wildman–Crippen LogP) is 3.60. The molecule has 0 heterocycles. The molecule has 0 saturated carbocycles. The molecule has 0 aromatic heterocycles. The Morgan fingerprint density at radius 3 is 2.52 bits per heavy atom. The normalized spacial score (nSPS) is 10.0. The van der Waals surface area contributed by atoms with E-state index in [0.29, 0.717) is 24.2 Å². The Labute approximate surface area is 143 Å². The number of hydrogen-bond acceptors (Lipinski definition) is 3. The SMILES string of the molecule is COC(=O)c1ccccc1NC(=O)NCCc1ccccc1Br. The van der Waals surface area contributed by atoms with Crippen molar-refractivity contribution in [3.8, 4) is 0 Å². The van der Waals surface area contributed by atoms with Gasteiger partial charge in [0.2, 0.25) is 0 Å². The molecule has 2 N–H and O–H groups in total. The quantitative estimate of drug-likeness (QED) is 0.783. The van der Waals surface area contributed by atoms with E-state index in [4.69, 9.17) is 4.74 Å². The molecule has 0 aliphatic heterocycles. The summed E-state index contributed by atoms with van der Waals surface area (Å²) in [5, 5.41) is 5.43. The van der Waals surface area contributed by atoms with Gasteiger partial charge in [-0.3, -0.25) is 0 Å². The van der Waals surface area contributed by atoms with E-state index >= 15 is 0 Å². The van der Waals surface area contributed by atoms with Crippen molar-refractivity contribution in [2.24, 2.45) is 0 Å². The summed E-state index contributed by atoms with van der Waals surface area (Å²) >= 11 is 3.47.